The SMILES string of the molecule is Cc1cc(C)cc(OCCC(=O)Nc2ccccc2C(=O)NCC(C)C)c1. The summed E-state index contributed by atoms with van der Waals surface area (Å²) in [5.41, 5.74) is 3.21. The molecule has 2 N–H and O–H groups in total. The van der Waals surface area contributed by atoms with Gasteiger partial charge in [0, 0.05) is 6.54 Å². The molecule has 0 unspecified atom stereocenters. The van der Waals surface area contributed by atoms with E-state index in [1.807, 2.05) is 39.8 Å². The number of aryl methyl sites for hydroxylation is 2. The van der Waals surface area contributed by atoms with E-state index in [-0.39, 0.29) is 24.8 Å². The Morgan fingerprint density at radius 2 is 1.70 bits per heavy atom. The largest absolute Gasteiger partial charge is 0.493 e. The maximum atomic E-state index is 12.3. The molecule has 5 nitrogen and oxygen atoms in total. The van der Waals surface area contributed by atoms with Gasteiger partial charge in [-0.1, -0.05) is 32.0 Å². The summed E-state index contributed by atoms with van der Waals surface area (Å²) in [4.78, 5) is 24.6. The predicted octanol–water partition coefficient (Wildman–Crippen LogP) is 4.10. The smallest absolute Gasteiger partial charge is 0.253 e. The lowest BCUT2D eigenvalue weighted by Gasteiger charge is -2.13. The molecule has 2 aromatic rings. The van der Waals surface area contributed by atoms with Crippen molar-refractivity contribution in [3.05, 3.63) is 59.2 Å². The summed E-state index contributed by atoms with van der Waals surface area (Å²) in [5, 5.41) is 5.68. The quantitative estimate of drug-likeness (QED) is 0.737. The van der Waals surface area contributed by atoms with Gasteiger partial charge < -0.3 is 15.4 Å². The fraction of sp³-hybridized carbons (Fsp3) is 0.364. The van der Waals surface area contributed by atoms with E-state index in [0.29, 0.717) is 23.7 Å². The lowest BCUT2D eigenvalue weighted by atomic mass is 10.1. The van der Waals surface area contributed by atoms with E-state index in [1.54, 1.807) is 24.3 Å². The van der Waals surface area contributed by atoms with E-state index in [2.05, 4.69) is 16.7 Å². The molecule has 27 heavy (non-hydrogen) atoms. The van der Waals surface area contributed by atoms with Crippen LogP contribution in [0.3, 0.4) is 0 Å². The van der Waals surface area contributed by atoms with Gasteiger partial charge in [0.15, 0.2) is 0 Å². The molecule has 2 amide bonds. The minimum absolute atomic E-state index is 0.189. The number of hydrogen-bond donors (Lipinski definition) is 2. The molecule has 0 aliphatic rings. The summed E-state index contributed by atoms with van der Waals surface area (Å²) < 4.78 is 5.68. The molecule has 2 rings (SSSR count). The Bertz CT molecular complexity index is 780. The van der Waals surface area contributed by atoms with Gasteiger partial charge >= 0.3 is 0 Å². The first-order valence-electron chi connectivity index (χ1n) is 9.23. The van der Waals surface area contributed by atoms with Crippen LogP contribution in [0.15, 0.2) is 42.5 Å². The van der Waals surface area contributed by atoms with Crippen molar-refractivity contribution in [2.75, 3.05) is 18.5 Å². The zero-order valence-corrected chi connectivity index (χ0v) is 16.5. The van der Waals surface area contributed by atoms with Crippen molar-refractivity contribution in [1.29, 1.82) is 0 Å². The summed E-state index contributed by atoms with van der Waals surface area (Å²) in [7, 11) is 0. The van der Waals surface area contributed by atoms with Crippen molar-refractivity contribution in [3.63, 3.8) is 0 Å². The lowest BCUT2D eigenvalue weighted by Crippen LogP contribution is -2.28. The topological polar surface area (TPSA) is 67.4 Å². The van der Waals surface area contributed by atoms with E-state index in [0.717, 1.165) is 16.9 Å². The van der Waals surface area contributed by atoms with Crippen LogP contribution in [-0.4, -0.2) is 25.0 Å². The van der Waals surface area contributed by atoms with Gasteiger partial charge in [-0.05, 0) is 55.2 Å². The zero-order chi connectivity index (χ0) is 19.8. The predicted molar refractivity (Wildman–Crippen MR) is 108 cm³/mol. The Morgan fingerprint density at radius 1 is 1.04 bits per heavy atom. The fourth-order valence-electron chi connectivity index (χ4n) is 2.67. The van der Waals surface area contributed by atoms with E-state index >= 15 is 0 Å². The molecule has 0 radical (unpaired) electrons. The van der Waals surface area contributed by atoms with Crippen molar-refractivity contribution in [2.45, 2.75) is 34.1 Å². The monoisotopic (exact) mass is 368 g/mol. The number of nitrogens with one attached hydrogen (secondary N) is 2. The van der Waals surface area contributed by atoms with E-state index in [1.165, 1.54) is 0 Å². The second-order valence-electron chi connectivity index (χ2n) is 7.12. The molecule has 0 bridgehead atoms. The molecule has 0 spiro atoms. The first-order valence-corrected chi connectivity index (χ1v) is 9.23. The summed E-state index contributed by atoms with van der Waals surface area (Å²) in [6.45, 7) is 8.94. The van der Waals surface area contributed by atoms with Crippen LogP contribution in [0, 0.1) is 19.8 Å². The standard InChI is InChI=1S/C22H28N2O3/c1-15(2)14-23-22(26)19-7-5-6-8-20(19)24-21(25)9-10-27-18-12-16(3)11-17(4)13-18/h5-8,11-13,15H,9-10,14H2,1-4H3,(H,23,26)(H,24,25). The van der Waals surface area contributed by atoms with Gasteiger partial charge in [0.25, 0.3) is 5.91 Å². The highest BCUT2D eigenvalue weighted by atomic mass is 16.5. The minimum Gasteiger partial charge on any atom is -0.493 e. The van der Waals surface area contributed by atoms with Crippen molar-refractivity contribution < 1.29 is 14.3 Å². The molecule has 0 aliphatic heterocycles. The summed E-state index contributed by atoms with van der Waals surface area (Å²) in [6, 6.07) is 13.0. The zero-order valence-electron chi connectivity index (χ0n) is 16.5. The van der Waals surface area contributed by atoms with Gasteiger partial charge in [-0.3, -0.25) is 9.59 Å². The molecule has 5 heteroatoms. The third-order valence-electron chi connectivity index (χ3n) is 3.91. The number of benzene rings is 2. The summed E-state index contributed by atoms with van der Waals surface area (Å²) in [5.74, 6) is 0.737. The Labute approximate surface area is 161 Å². The normalized spacial score (nSPS) is 10.6. The third-order valence-corrected chi connectivity index (χ3v) is 3.91. The third kappa shape index (κ3) is 6.77. The molecule has 0 atom stereocenters. The number of carbonyl (C=O) groups excluding carboxylic acids is 2. The molecule has 0 fully saturated rings. The van der Waals surface area contributed by atoms with E-state index in [4.69, 9.17) is 4.74 Å². The highest BCUT2D eigenvalue weighted by Gasteiger charge is 2.13. The maximum Gasteiger partial charge on any atom is 0.253 e. The first kappa shape index (κ1) is 20.5. The molecule has 0 saturated carbocycles. The van der Waals surface area contributed by atoms with Crippen molar-refractivity contribution in [2.24, 2.45) is 5.92 Å². The van der Waals surface area contributed by atoms with Crippen LogP contribution in [0.2, 0.25) is 0 Å². The Balaban J connectivity index is 1.91. The molecular weight excluding hydrogens is 340 g/mol. The minimum atomic E-state index is -0.191. The summed E-state index contributed by atoms with van der Waals surface area (Å²) >= 11 is 0. The number of rotatable bonds is 8. The average Bonchev–Trinajstić information content (AvgIpc) is 2.59. The van der Waals surface area contributed by atoms with Crippen LogP contribution in [0.5, 0.6) is 5.75 Å². The van der Waals surface area contributed by atoms with Gasteiger partial charge in [0.05, 0.1) is 24.3 Å². The molecule has 2 aromatic carbocycles. The van der Waals surface area contributed by atoms with Gasteiger partial charge in [-0.2, -0.15) is 0 Å². The van der Waals surface area contributed by atoms with Crippen LogP contribution in [0.25, 0.3) is 0 Å². The molecule has 144 valence electrons. The second-order valence-corrected chi connectivity index (χ2v) is 7.12. The number of amides is 2. The number of para-hydroxylation sites is 1. The average molecular weight is 368 g/mol. The molecular formula is C22H28N2O3. The Morgan fingerprint density at radius 3 is 2.37 bits per heavy atom. The molecule has 0 aromatic heterocycles. The Hall–Kier alpha value is -2.82. The van der Waals surface area contributed by atoms with Crippen LogP contribution in [0.1, 0.15) is 41.8 Å². The van der Waals surface area contributed by atoms with Crippen LogP contribution >= 0.6 is 0 Å². The number of ether oxygens (including phenoxy) is 1. The molecule has 0 aliphatic carbocycles. The van der Waals surface area contributed by atoms with Gasteiger partial charge in [-0.15, -0.1) is 0 Å². The highest BCUT2D eigenvalue weighted by Crippen LogP contribution is 2.17. The van der Waals surface area contributed by atoms with Crippen LogP contribution < -0.4 is 15.4 Å². The van der Waals surface area contributed by atoms with Gasteiger partial charge in [0.2, 0.25) is 5.91 Å². The maximum absolute atomic E-state index is 12.3. The summed E-state index contributed by atoms with van der Waals surface area (Å²) in [6.07, 6.45) is 0.203. The number of hydrogen-bond acceptors (Lipinski definition) is 3. The molecule has 0 saturated heterocycles. The fourth-order valence-corrected chi connectivity index (χ4v) is 2.67. The second kappa shape index (κ2) is 9.76. The van der Waals surface area contributed by atoms with E-state index in [9.17, 15) is 9.59 Å². The number of carbonyl (C=O) groups is 2. The van der Waals surface area contributed by atoms with Crippen LogP contribution in [0.4, 0.5) is 5.69 Å². The molecule has 0 heterocycles. The Kier molecular flexibility index (Phi) is 7.41. The lowest BCUT2D eigenvalue weighted by molar-refractivity contribution is -0.116. The van der Waals surface area contributed by atoms with Crippen molar-refractivity contribution >= 4 is 17.5 Å². The highest BCUT2D eigenvalue weighted by molar-refractivity contribution is 6.03. The van der Waals surface area contributed by atoms with Crippen LogP contribution in [-0.2, 0) is 4.79 Å². The van der Waals surface area contributed by atoms with Crippen molar-refractivity contribution in [3.8, 4) is 5.75 Å². The first-order chi connectivity index (χ1) is 12.8. The van der Waals surface area contributed by atoms with E-state index < -0.39 is 0 Å². The van der Waals surface area contributed by atoms with Gasteiger partial charge in [-0.25, -0.2) is 0 Å². The van der Waals surface area contributed by atoms with Crippen molar-refractivity contribution in [1.82, 2.24) is 5.32 Å². The van der Waals surface area contributed by atoms with Gasteiger partial charge in [0.1, 0.15) is 5.75 Å². The number of anilines is 1.